The van der Waals surface area contributed by atoms with Crippen LogP contribution >= 0.6 is 23.4 Å². The van der Waals surface area contributed by atoms with E-state index in [1.54, 1.807) is 18.2 Å². The van der Waals surface area contributed by atoms with Gasteiger partial charge in [0.25, 0.3) is 5.91 Å². The summed E-state index contributed by atoms with van der Waals surface area (Å²) in [5.41, 5.74) is 0.844. The van der Waals surface area contributed by atoms with Gasteiger partial charge in [0.05, 0.1) is 11.3 Å². The predicted molar refractivity (Wildman–Crippen MR) is 87.2 cm³/mol. The molecule has 0 saturated carbocycles. The molecule has 1 heterocycles. The molecule has 1 aromatic rings. The second-order valence-corrected chi connectivity index (χ2v) is 6.33. The zero-order valence-corrected chi connectivity index (χ0v) is 13.3. The van der Waals surface area contributed by atoms with Gasteiger partial charge in [-0.25, -0.2) is 0 Å². The maximum Gasteiger partial charge on any atom is 0.253 e. The van der Waals surface area contributed by atoms with Crippen LogP contribution in [0.1, 0.15) is 16.8 Å². The highest BCUT2D eigenvalue weighted by molar-refractivity contribution is 7.99. The first kappa shape index (κ1) is 16.1. The van der Waals surface area contributed by atoms with Gasteiger partial charge in [-0.05, 0) is 18.2 Å². The fourth-order valence-corrected chi connectivity index (χ4v) is 3.25. The lowest BCUT2D eigenvalue weighted by Gasteiger charge is -2.22. The number of amides is 2. The highest BCUT2D eigenvalue weighted by Gasteiger charge is 2.18. The summed E-state index contributed by atoms with van der Waals surface area (Å²) < 4.78 is 0. The number of nitrogens with one attached hydrogen (secondary N) is 3. The molecule has 2 amide bonds. The van der Waals surface area contributed by atoms with Crippen molar-refractivity contribution in [3.63, 3.8) is 0 Å². The molecule has 0 bridgehead atoms. The van der Waals surface area contributed by atoms with Crippen LogP contribution in [0.25, 0.3) is 0 Å². The molecule has 3 N–H and O–H groups in total. The van der Waals surface area contributed by atoms with Crippen molar-refractivity contribution >= 4 is 40.9 Å². The van der Waals surface area contributed by atoms with Crippen molar-refractivity contribution in [1.82, 2.24) is 10.6 Å². The quantitative estimate of drug-likeness (QED) is 0.787. The molecule has 1 unspecified atom stereocenters. The summed E-state index contributed by atoms with van der Waals surface area (Å²) in [6, 6.07) is 5.02. The minimum Gasteiger partial charge on any atom is -0.355 e. The van der Waals surface area contributed by atoms with Crippen LogP contribution < -0.4 is 16.0 Å². The summed E-state index contributed by atoms with van der Waals surface area (Å²) in [5, 5.41) is 9.10. The predicted octanol–water partition coefficient (Wildman–Crippen LogP) is 1.73. The maximum atomic E-state index is 12.1. The fourth-order valence-electron chi connectivity index (χ4n) is 2.12. The van der Waals surface area contributed by atoms with Crippen molar-refractivity contribution in [2.45, 2.75) is 12.5 Å². The van der Waals surface area contributed by atoms with E-state index < -0.39 is 0 Å². The van der Waals surface area contributed by atoms with Crippen LogP contribution in [0.2, 0.25) is 5.02 Å². The Morgan fingerprint density at radius 2 is 2.29 bits per heavy atom. The standard InChI is InChI=1S/C14H18ClN3O2S/c1-16-14(20)11-6-9(15)2-3-12(11)18-13(19)7-10-8-21-5-4-17-10/h2-3,6,10,17H,4-5,7-8H2,1H3,(H,16,20)(H,18,19). The van der Waals surface area contributed by atoms with Crippen LogP contribution in [0.4, 0.5) is 5.69 Å². The first-order valence-electron chi connectivity index (χ1n) is 6.72. The van der Waals surface area contributed by atoms with Crippen LogP contribution in [0, 0.1) is 0 Å². The summed E-state index contributed by atoms with van der Waals surface area (Å²) in [6.45, 7) is 0.924. The van der Waals surface area contributed by atoms with E-state index in [9.17, 15) is 9.59 Å². The molecular formula is C14H18ClN3O2S. The van der Waals surface area contributed by atoms with E-state index in [0.717, 1.165) is 18.1 Å². The van der Waals surface area contributed by atoms with Crippen LogP contribution in [-0.2, 0) is 4.79 Å². The zero-order chi connectivity index (χ0) is 15.2. The number of benzene rings is 1. The minimum absolute atomic E-state index is 0.109. The number of hydrogen-bond donors (Lipinski definition) is 3. The molecule has 21 heavy (non-hydrogen) atoms. The molecule has 0 radical (unpaired) electrons. The average Bonchev–Trinajstić information content (AvgIpc) is 2.49. The Balaban J connectivity index is 2.04. The Bertz CT molecular complexity index is 533. The number of hydrogen-bond acceptors (Lipinski definition) is 4. The normalized spacial score (nSPS) is 18.1. The van der Waals surface area contributed by atoms with E-state index in [1.807, 2.05) is 11.8 Å². The zero-order valence-electron chi connectivity index (χ0n) is 11.7. The third kappa shape index (κ3) is 4.62. The monoisotopic (exact) mass is 327 g/mol. The minimum atomic E-state index is -0.279. The summed E-state index contributed by atoms with van der Waals surface area (Å²) in [5.74, 6) is 1.62. The van der Waals surface area contributed by atoms with Gasteiger partial charge in [-0.3, -0.25) is 9.59 Å². The van der Waals surface area contributed by atoms with E-state index in [1.165, 1.54) is 7.05 Å². The van der Waals surface area contributed by atoms with Gasteiger partial charge in [0.2, 0.25) is 5.91 Å². The highest BCUT2D eigenvalue weighted by Crippen LogP contribution is 2.21. The van der Waals surface area contributed by atoms with Gasteiger partial charge in [-0.2, -0.15) is 11.8 Å². The van der Waals surface area contributed by atoms with E-state index in [2.05, 4.69) is 16.0 Å². The van der Waals surface area contributed by atoms with Crippen molar-refractivity contribution in [3.8, 4) is 0 Å². The summed E-state index contributed by atoms with van der Waals surface area (Å²) in [7, 11) is 1.54. The summed E-state index contributed by atoms with van der Waals surface area (Å²) in [6.07, 6.45) is 0.392. The lowest BCUT2D eigenvalue weighted by Crippen LogP contribution is -2.40. The Morgan fingerprint density at radius 1 is 1.48 bits per heavy atom. The van der Waals surface area contributed by atoms with Gasteiger partial charge in [0.15, 0.2) is 0 Å². The Kier molecular flexibility index (Phi) is 5.90. The van der Waals surface area contributed by atoms with Crippen LogP contribution in [0.5, 0.6) is 0 Å². The van der Waals surface area contributed by atoms with E-state index in [4.69, 9.17) is 11.6 Å². The van der Waals surface area contributed by atoms with Crippen molar-refractivity contribution in [2.75, 3.05) is 30.4 Å². The highest BCUT2D eigenvalue weighted by atomic mass is 35.5. The van der Waals surface area contributed by atoms with Crippen molar-refractivity contribution in [1.29, 1.82) is 0 Å². The Hall–Kier alpha value is -1.24. The molecule has 114 valence electrons. The third-order valence-electron chi connectivity index (χ3n) is 3.16. The lowest BCUT2D eigenvalue weighted by atomic mass is 10.1. The van der Waals surface area contributed by atoms with Crippen LogP contribution in [-0.4, -0.2) is 43.0 Å². The molecule has 0 spiro atoms. The van der Waals surface area contributed by atoms with E-state index in [0.29, 0.717) is 22.7 Å². The van der Waals surface area contributed by atoms with Gasteiger partial charge in [0, 0.05) is 42.6 Å². The molecule has 0 aliphatic carbocycles. The van der Waals surface area contributed by atoms with Gasteiger partial charge in [-0.15, -0.1) is 0 Å². The first-order chi connectivity index (χ1) is 10.1. The average molecular weight is 328 g/mol. The Morgan fingerprint density at radius 3 is 2.95 bits per heavy atom. The van der Waals surface area contributed by atoms with Crippen molar-refractivity contribution in [3.05, 3.63) is 28.8 Å². The molecule has 0 aromatic heterocycles. The van der Waals surface area contributed by atoms with E-state index >= 15 is 0 Å². The van der Waals surface area contributed by atoms with Crippen molar-refractivity contribution in [2.24, 2.45) is 0 Å². The van der Waals surface area contributed by atoms with Gasteiger partial charge < -0.3 is 16.0 Å². The van der Waals surface area contributed by atoms with Gasteiger partial charge in [-0.1, -0.05) is 11.6 Å². The van der Waals surface area contributed by atoms with E-state index in [-0.39, 0.29) is 17.9 Å². The van der Waals surface area contributed by atoms with Crippen LogP contribution in [0.15, 0.2) is 18.2 Å². The molecule has 1 atom stereocenters. The molecule has 1 aliphatic rings. The lowest BCUT2D eigenvalue weighted by molar-refractivity contribution is -0.116. The molecule has 5 nitrogen and oxygen atoms in total. The number of carbonyl (C=O) groups excluding carboxylic acids is 2. The first-order valence-corrected chi connectivity index (χ1v) is 8.26. The maximum absolute atomic E-state index is 12.1. The SMILES string of the molecule is CNC(=O)c1cc(Cl)ccc1NC(=O)CC1CSCCN1. The number of thioether (sulfide) groups is 1. The molecule has 1 fully saturated rings. The molecular weight excluding hydrogens is 310 g/mol. The molecule has 7 heteroatoms. The number of rotatable bonds is 4. The second kappa shape index (κ2) is 7.68. The molecule has 1 aliphatic heterocycles. The summed E-state index contributed by atoms with van der Waals surface area (Å²) >= 11 is 7.75. The third-order valence-corrected chi connectivity index (χ3v) is 4.52. The smallest absolute Gasteiger partial charge is 0.253 e. The van der Waals surface area contributed by atoms with Crippen molar-refractivity contribution < 1.29 is 9.59 Å². The number of anilines is 1. The fraction of sp³-hybridized carbons (Fsp3) is 0.429. The number of halogens is 1. The largest absolute Gasteiger partial charge is 0.355 e. The molecule has 1 aromatic carbocycles. The summed E-state index contributed by atoms with van der Waals surface area (Å²) in [4.78, 5) is 23.9. The second-order valence-electron chi connectivity index (χ2n) is 4.75. The number of carbonyl (C=O) groups is 2. The van der Waals surface area contributed by atoms with Crippen LogP contribution in [0.3, 0.4) is 0 Å². The Labute approximate surface area is 133 Å². The topological polar surface area (TPSA) is 70.2 Å². The van der Waals surface area contributed by atoms with Gasteiger partial charge >= 0.3 is 0 Å². The van der Waals surface area contributed by atoms with Gasteiger partial charge in [0.1, 0.15) is 0 Å². The molecule has 2 rings (SSSR count). The molecule has 1 saturated heterocycles.